The predicted molar refractivity (Wildman–Crippen MR) is 121 cm³/mol. The van der Waals surface area contributed by atoms with E-state index in [4.69, 9.17) is 4.74 Å². The van der Waals surface area contributed by atoms with Crippen LogP contribution in [-0.2, 0) is 11.2 Å². The summed E-state index contributed by atoms with van der Waals surface area (Å²) in [4.78, 5) is 0. The Labute approximate surface area is 180 Å². The molecular formula is C25H37NO4. The molecule has 0 saturated heterocycles. The summed E-state index contributed by atoms with van der Waals surface area (Å²) in [5.74, 6) is 0.0501. The highest BCUT2D eigenvalue weighted by atomic mass is 16.5. The third-order valence-corrected chi connectivity index (χ3v) is 5.21. The van der Waals surface area contributed by atoms with Crippen molar-refractivity contribution in [1.29, 1.82) is 0 Å². The Morgan fingerprint density at radius 2 is 1.63 bits per heavy atom. The number of rotatable bonds is 15. The highest BCUT2D eigenvalue weighted by Gasteiger charge is 2.13. The van der Waals surface area contributed by atoms with Crippen molar-refractivity contribution in [1.82, 2.24) is 5.32 Å². The van der Waals surface area contributed by atoms with Crippen molar-refractivity contribution < 1.29 is 20.1 Å². The van der Waals surface area contributed by atoms with Crippen LogP contribution in [0, 0.1) is 0 Å². The fraction of sp³-hybridized carbons (Fsp3) is 0.520. The topological polar surface area (TPSA) is 82.0 Å². The summed E-state index contributed by atoms with van der Waals surface area (Å²) >= 11 is 0. The minimum Gasteiger partial charge on any atom is -0.508 e. The fourth-order valence-electron chi connectivity index (χ4n) is 3.40. The van der Waals surface area contributed by atoms with Crippen LogP contribution in [0.4, 0.5) is 0 Å². The zero-order chi connectivity index (χ0) is 21.6. The van der Waals surface area contributed by atoms with Crippen LogP contribution in [0.1, 0.15) is 67.9 Å². The monoisotopic (exact) mass is 415 g/mol. The van der Waals surface area contributed by atoms with Crippen molar-refractivity contribution in [3.05, 3.63) is 65.2 Å². The maximum absolute atomic E-state index is 10.3. The first kappa shape index (κ1) is 24.4. The number of benzene rings is 2. The first-order valence-corrected chi connectivity index (χ1v) is 11.1. The molecule has 0 heterocycles. The molecule has 5 nitrogen and oxygen atoms in total. The molecule has 30 heavy (non-hydrogen) atoms. The second kappa shape index (κ2) is 14.1. The summed E-state index contributed by atoms with van der Waals surface area (Å²) in [6.07, 6.45) is 5.16. The molecule has 0 radical (unpaired) electrons. The molecule has 2 aromatic rings. The van der Waals surface area contributed by atoms with Crippen molar-refractivity contribution in [3.8, 4) is 5.75 Å². The van der Waals surface area contributed by atoms with Gasteiger partial charge >= 0.3 is 0 Å². The molecule has 2 rings (SSSR count). The van der Waals surface area contributed by atoms with Crippen LogP contribution < -0.4 is 5.32 Å². The van der Waals surface area contributed by atoms with E-state index in [1.165, 1.54) is 11.6 Å². The molecular weight excluding hydrogens is 378 g/mol. The number of aromatic hydroxyl groups is 1. The van der Waals surface area contributed by atoms with Crippen molar-refractivity contribution in [2.45, 2.75) is 57.7 Å². The van der Waals surface area contributed by atoms with Gasteiger partial charge < -0.3 is 25.4 Å². The number of phenolic OH excluding ortho intramolecular Hbond substituents is 1. The molecule has 0 aliphatic heterocycles. The second-order valence-electron chi connectivity index (χ2n) is 7.83. The van der Waals surface area contributed by atoms with Crippen LogP contribution in [0.15, 0.2) is 48.5 Å². The minimum atomic E-state index is -0.766. The van der Waals surface area contributed by atoms with Gasteiger partial charge in [-0.2, -0.15) is 0 Å². The number of aryl methyl sites for hydroxylation is 1. The summed E-state index contributed by atoms with van der Waals surface area (Å²) in [5.41, 5.74) is 2.50. The Bertz CT molecular complexity index is 706. The Hall–Kier alpha value is -1.92. The number of unbranched alkanes of at least 4 members (excludes halogenated alkanes) is 3. The Balaban J connectivity index is 1.44. The molecule has 166 valence electrons. The van der Waals surface area contributed by atoms with Crippen LogP contribution in [-0.4, -0.2) is 41.6 Å². The van der Waals surface area contributed by atoms with Gasteiger partial charge in [0.2, 0.25) is 0 Å². The molecule has 2 aromatic carbocycles. The minimum absolute atomic E-state index is 0.0501. The normalized spacial score (nSPS) is 13.3. The average Bonchev–Trinajstić information content (AvgIpc) is 2.75. The van der Waals surface area contributed by atoms with E-state index in [1.807, 2.05) is 6.07 Å². The standard InChI is InChI=1S/C25H37NO4/c1-20(27)23-18-22(13-14-24(23)28)25(29)19-26-15-7-2-3-8-16-30-17-9-12-21-10-5-4-6-11-21/h4-6,10-11,13-14,18,20,25-29H,2-3,7-9,12,15-17,19H2,1H3. The summed E-state index contributed by atoms with van der Waals surface area (Å²) in [6, 6.07) is 15.4. The Morgan fingerprint density at radius 1 is 0.900 bits per heavy atom. The molecule has 0 amide bonds. The SMILES string of the molecule is CC(O)c1cc(C(O)CNCCCCCCOCCCc2ccccc2)ccc1O. The lowest BCUT2D eigenvalue weighted by molar-refractivity contribution is 0.127. The van der Waals surface area contributed by atoms with E-state index >= 15 is 0 Å². The van der Waals surface area contributed by atoms with Crippen LogP contribution in [0.25, 0.3) is 0 Å². The average molecular weight is 416 g/mol. The highest BCUT2D eigenvalue weighted by molar-refractivity contribution is 5.38. The van der Waals surface area contributed by atoms with Gasteiger partial charge in [0, 0.05) is 25.3 Å². The lowest BCUT2D eigenvalue weighted by Crippen LogP contribution is -2.22. The summed E-state index contributed by atoms with van der Waals surface area (Å²) < 4.78 is 5.71. The third kappa shape index (κ3) is 9.26. The number of phenols is 1. The van der Waals surface area contributed by atoms with Crippen LogP contribution in [0.5, 0.6) is 5.75 Å². The van der Waals surface area contributed by atoms with E-state index in [1.54, 1.807) is 19.1 Å². The van der Waals surface area contributed by atoms with Crippen molar-refractivity contribution in [2.75, 3.05) is 26.3 Å². The van der Waals surface area contributed by atoms with Gasteiger partial charge in [-0.25, -0.2) is 0 Å². The Morgan fingerprint density at radius 3 is 2.40 bits per heavy atom. The van der Waals surface area contributed by atoms with Crippen LogP contribution >= 0.6 is 0 Å². The molecule has 0 bridgehead atoms. The van der Waals surface area contributed by atoms with Crippen molar-refractivity contribution >= 4 is 0 Å². The number of hydrogen-bond acceptors (Lipinski definition) is 5. The largest absolute Gasteiger partial charge is 0.508 e. The first-order chi connectivity index (χ1) is 14.6. The highest BCUT2D eigenvalue weighted by Crippen LogP contribution is 2.27. The number of hydrogen-bond donors (Lipinski definition) is 4. The first-order valence-electron chi connectivity index (χ1n) is 11.1. The van der Waals surface area contributed by atoms with Gasteiger partial charge in [0.25, 0.3) is 0 Å². The molecule has 0 aliphatic rings. The van der Waals surface area contributed by atoms with E-state index in [0.717, 1.165) is 58.3 Å². The maximum atomic E-state index is 10.3. The van der Waals surface area contributed by atoms with Crippen LogP contribution in [0.2, 0.25) is 0 Å². The van der Waals surface area contributed by atoms with E-state index in [0.29, 0.717) is 17.7 Å². The second-order valence-corrected chi connectivity index (χ2v) is 7.83. The van der Waals surface area contributed by atoms with Gasteiger partial charge in [-0.15, -0.1) is 0 Å². The molecule has 0 aliphatic carbocycles. The zero-order valence-corrected chi connectivity index (χ0v) is 18.1. The van der Waals surface area contributed by atoms with Crippen molar-refractivity contribution in [2.24, 2.45) is 0 Å². The molecule has 4 N–H and O–H groups in total. The molecule has 0 fully saturated rings. The van der Waals surface area contributed by atoms with E-state index in [2.05, 4.69) is 29.6 Å². The molecule has 2 atom stereocenters. The van der Waals surface area contributed by atoms with Gasteiger partial charge in [-0.1, -0.05) is 49.2 Å². The lowest BCUT2D eigenvalue weighted by atomic mass is 10.0. The van der Waals surface area contributed by atoms with Gasteiger partial charge in [0.1, 0.15) is 5.75 Å². The van der Waals surface area contributed by atoms with Gasteiger partial charge in [-0.3, -0.25) is 0 Å². The van der Waals surface area contributed by atoms with Gasteiger partial charge in [-0.05, 0) is 62.4 Å². The fourth-order valence-corrected chi connectivity index (χ4v) is 3.40. The van der Waals surface area contributed by atoms with E-state index in [-0.39, 0.29) is 5.75 Å². The van der Waals surface area contributed by atoms with Gasteiger partial charge in [0.15, 0.2) is 0 Å². The van der Waals surface area contributed by atoms with E-state index < -0.39 is 12.2 Å². The summed E-state index contributed by atoms with van der Waals surface area (Å²) in [7, 11) is 0. The molecule has 0 aromatic heterocycles. The van der Waals surface area contributed by atoms with E-state index in [9.17, 15) is 15.3 Å². The number of aliphatic hydroxyl groups excluding tert-OH is 2. The predicted octanol–water partition coefficient (Wildman–Crippen LogP) is 4.28. The number of nitrogens with one attached hydrogen (secondary N) is 1. The quantitative estimate of drug-likeness (QED) is 0.327. The number of ether oxygens (including phenoxy) is 1. The number of aliphatic hydroxyl groups is 2. The molecule has 0 saturated carbocycles. The lowest BCUT2D eigenvalue weighted by Gasteiger charge is -2.15. The van der Waals surface area contributed by atoms with Crippen molar-refractivity contribution in [3.63, 3.8) is 0 Å². The van der Waals surface area contributed by atoms with Gasteiger partial charge in [0.05, 0.1) is 12.2 Å². The summed E-state index contributed by atoms with van der Waals surface area (Å²) in [6.45, 7) is 4.56. The smallest absolute Gasteiger partial charge is 0.121 e. The molecule has 0 spiro atoms. The molecule has 5 heteroatoms. The maximum Gasteiger partial charge on any atom is 0.121 e. The third-order valence-electron chi connectivity index (χ3n) is 5.21. The summed E-state index contributed by atoms with van der Waals surface area (Å²) in [5, 5.41) is 33.0. The van der Waals surface area contributed by atoms with Crippen LogP contribution in [0.3, 0.4) is 0 Å². The Kier molecular flexibility index (Phi) is 11.5. The zero-order valence-electron chi connectivity index (χ0n) is 18.1. The molecule has 2 unspecified atom stereocenters.